The Morgan fingerprint density at radius 2 is 0.967 bits per heavy atom. The highest BCUT2D eigenvalue weighted by Crippen LogP contribution is 2.37. The fourth-order valence-corrected chi connectivity index (χ4v) is 3.39. The summed E-state index contributed by atoms with van der Waals surface area (Å²) in [4.78, 5) is 0. The molecule has 148 valence electrons. The fourth-order valence-electron chi connectivity index (χ4n) is 3.39. The zero-order chi connectivity index (χ0) is 20.8. The summed E-state index contributed by atoms with van der Waals surface area (Å²) >= 11 is 0. The number of nitrogens with zero attached hydrogens (tertiary/aromatic N) is 2. The van der Waals surface area contributed by atoms with E-state index in [0.717, 1.165) is 28.1 Å². The van der Waals surface area contributed by atoms with Gasteiger partial charge in [0, 0.05) is 0 Å². The molecule has 30 heavy (non-hydrogen) atoms. The van der Waals surface area contributed by atoms with E-state index < -0.39 is 5.60 Å². The highest BCUT2D eigenvalue weighted by atomic mass is 16.5. The van der Waals surface area contributed by atoms with Gasteiger partial charge in [0.05, 0.1) is 18.5 Å². The first-order chi connectivity index (χ1) is 14.7. The predicted octanol–water partition coefficient (Wildman–Crippen LogP) is 6.39. The molecule has 1 N–H and O–H groups in total. The van der Waals surface area contributed by atoms with Crippen LogP contribution >= 0.6 is 0 Å². The van der Waals surface area contributed by atoms with E-state index in [9.17, 15) is 5.11 Å². The lowest BCUT2D eigenvalue weighted by Crippen LogP contribution is -2.28. The maximum Gasteiger partial charge on any atom is 0.140 e. The van der Waals surface area contributed by atoms with Crippen molar-refractivity contribution in [3.8, 4) is 5.75 Å². The van der Waals surface area contributed by atoms with E-state index in [1.807, 2.05) is 109 Å². The maximum absolute atomic E-state index is 11.8. The summed E-state index contributed by atoms with van der Waals surface area (Å²) in [5.41, 5.74) is 2.58. The summed E-state index contributed by atoms with van der Waals surface area (Å²) in [6.07, 6.45) is 0. The van der Waals surface area contributed by atoms with Crippen molar-refractivity contribution in [1.82, 2.24) is 0 Å². The van der Waals surface area contributed by atoms with Crippen molar-refractivity contribution >= 4 is 11.4 Å². The van der Waals surface area contributed by atoms with Gasteiger partial charge in [0.25, 0.3) is 0 Å². The SMILES string of the molecule is COc1ccc(N=Nc2ccc(C(O)(c3ccccc3)c3ccccc3)cc2)cc1. The third-order valence-corrected chi connectivity index (χ3v) is 5.02. The summed E-state index contributed by atoms with van der Waals surface area (Å²) in [6, 6.07) is 34.2. The molecule has 0 fully saturated rings. The monoisotopic (exact) mass is 394 g/mol. The standard InChI is InChI=1S/C26H22N2O2/c1-30-25-18-16-24(17-19-25)28-27-23-14-12-22(13-15-23)26(29,20-8-4-2-5-9-20)21-10-6-3-7-11-21/h2-19,29H,1H3. The minimum Gasteiger partial charge on any atom is -0.497 e. The van der Waals surface area contributed by atoms with Gasteiger partial charge in [0.15, 0.2) is 0 Å². The van der Waals surface area contributed by atoms with E-state index in [-0.39, 0.29) is 0 Å². The second-order valence-corrected chi connectivity index (χ2v) is 6.89. The van der Waals surface area contributed by atoms with Crippen LogP contribution < -0.4 is 4.74 Å². The topological polar surface area (TPSA) is 54.2 Å². The second-order valence-electron chi connectivity index (χ2n) is 6.89. The first-order valence-corrected chi connectivity index (χ1v) is 9.70. The van der Waals surface area contributed by atoms with Crippen LogP contribution in [0, 0.1) is 0 Å². The van der Waals surface area contributed by atoms with Gasteiger partial charge in [-0.2, -0.15) is 10.2 Å². The predicted molar refractivity (Wildman–Crippen MR) is 119 cm³/mol. The Kier molecular flexibility index (Phi) is 5.68. The van der Waals surface area contributed by atoms with Crippen molar-refractivity contribution in [3.63, 3.8) is 0 Å². The van der Waals surface area contributed by atoms with Gasteiger partial charge in [-0.15, -0.1) is 0 Å². The van der Waals surface area contributed by atoms with Crippen molar-refractivity contribution in [2.24, 2.45) is 10.2 Å². The van der Waals surface area contributed by atoms with Gasteiger partial charge in [0.2, 0.25) is 0 Å². The van der Waals surface area contributed by atoms with Crippen LogP contribution in [0.4, 0.5) is 11.4 Å². The highest BCUT2D eigenvalue weighted by Gasteiger charge is 2.33. The number of aliphatic hydroxyl groups is 1. The molecule has 4 rings (SSSR count). The van der Waals surface area contributed by atoms with Gasteiger partial charge in [-0.25, -0.2) is 0 Å². The minimum absolute atomic E-state index is 0.707. The molecule has 4 aromatic carbocycles. The van der Waals surface area contributed by atoms with Crippen LogP contribution in [0.2, 0.25) is 0 Å². The number of hydrogen-bond donors (Lipinski definition) is 1. The van der Waals surface area contributed by atoms with E-state index in [2.05, 4.69) is 10.2 Å². The van der Waals surface area contributed by atoms with Crippen molar-refractivity contribution in [3.05, 3.63) is 126 Å². The van der Waals surface area contributed by atoms with E-state index in [1.54, 1.807) is 7.11 Å². The molecule has 0 aromatic heterocycles. The molecule has 0 saturated carbocycles. The Morgan fingerprint density at radius 1 is 0.567 bits per heavy atom. The number of methoxy groups -OCH3 is 1. The minimum atomic E-state index is -1.26. The molecular weight excluding hydrogens is 372 g/mol. The molecule has 0 spiro atoms. The lowest BCUT2D eigenvalue weighted by Gasteiger charge is -2.30. The number of benzene rings is 4. The molecule has 0 aliphatic heterocycles. The quantitative estimate of drug-likeness (QED) is 0.304. The van der Waals surface area contributed by atoms with Crippen LogP contribution in [0.1, 0.15) is 16.7 Å². The Balaban J connectivity index is 1.65. The van der Waals surface area contributed by atoms with Crippen molar-refractivity contribution in [2.45, 2.75) is 5.60 Å². The zero-order valence-corrected chi connectivity index (χ0v) is 16.6. The second kappa shape index (κ2) is 8.72. The Morgan fingerprint density at radius 3 is 1.40 bits per heavy atom. The molecule has 0 amide bonds. The molecule has 0 saturated heterocycles. The van der Waals surface area contributed by atoms with Crippen molar-refractivity contribution in [1.29, 1.82) is 0 Å². The van der Waals surface area contributed by atoms with E-state index in [4.69, 9.17) is 4.74 Å². The van der Waals surface area contributed by atoms with E-state index in [1.165, 1.54) is 0 Å². The summed E-state index contributed by atoms with van der Waals surface area (Å²) < 4.78 is 5.15. The lowest BCUT2D eigenvalue weighted by molar-refractivity contribution is 0.125. The number of azo groups is 1. The molecule has 0 heterocycles. The van der Waals surface area contributed by atoms with Gasteiger partial charge >= 0.3 is 0 Å². The largest absolute Gasteiger partial charge is 0.497 e. The Hall–Kier alpha value is -3.76. The van der Waals surface area contributed by atoms with Gasteiger partial charge in [-0.3, -0.25) is 0 Å². The number of ether oxygens (including phenoxy) is 1. The molecule has 0 atom stereocenters. The molecule has 4 aromatic rings. The van der Waals surface area contributed by atoms with Crippen LogP contribution in [0.3, 0.4) is 0 Å². The lowest BCUT2D eigenvalue weighted by atomic mass is 9.80. The smallest absolute Gasteiger partial charge is 0.140 e. The summed E-state index contributed by atoms with van der Waals surface area (Å²) in [7, 11) is 1.63. The van der Waals surface area contributed by atoms with Crippen LogP contribution in [-0.4, -0.2) is 12.2 Å². The highest BCUT2D eigenvalue weighted by molar-refractivity contribution is 5.50. The molecule has 0 aliphatic rings. The average molecular weight is 394 g/mol. The number of hydrogen-bond acceptors (Lipinski definition) is 4. The van der Waals surface area contributed by atoms with E-state index in [0.29, 0.717) is 5.69 Å². The van der Waals surface area contributed by atoms with E-state index >= 15 is 0 Å². The van der Waals surface area contributed by atoms with Gasteiger partial charge in [-0.05, 0) is 53.1 Å². The first kappa shape index (κ1) is 19.6. The summed E-state index contributed by atoms with van der Waals surface area (Å²) in [5, 5.41) is 20.4. The van der Waals surface area contributed by atoms with Crippen LogP contribution in [-0.2, 0) is 5.60 Å². The summed E-state index contributed by atoms with van der Waals surface area (Å²) in [6.45, 7) is 0. The molecule has 0 unspecified atom stereocenters. The van der Waals surface area contributed by atoms with Crippen molar-refractivity contribution < 1.29 is 9.84 Å². The van der Waals surface area contributed by atoms with Gasteiger partial charge < -0.3 is 9.84 Å². The summed E-state index contributed by atoms with van der Waals surface area (Å²) in [5.74, 6) is 0.777. The first-order valence-electron chi connectivity index (χ1n) is 9.70. The Labute approximate surface area is 176 Å². The normalized spacial score (nSPS) is 11.5. The van der Waals surface area contributed by atoms with Gasteiger partial charge in [-0.1, -0.05) is 72.8 Å². The molecule has 0 aliphatic carbocycles. The molecule has 0 bridgehead atoms. The fraction of sp³-hybridized carbons (Fsp3) is 0.0769. The third-order valence-electron chi connectivity index (χ3n) is 5.02. The van der Waals surface area contributed by atoms with Gasteiger partial charge in [0.1, 0.15) is 11.4 Å². The zero-order valence-electron chi connectivity index (χ0n) is 16.6. The average Bonchev–Trinajstić information content (AvgIpc) is 2.84. The van der Waals surface area contributed by atoms with Crippen LogP contribution in [0.15, 0.2) is 119 Å². The molecular formula is C26H22N2O2. The van der Waals surface area contributed by atoms with Crippen molar-refractivity contribution in [2.75, 3.05) is 7.11 Å². The molecule has 4 nitrogen and oxygen atoms in total. The number of rotatable bonds is 6. The van der Waals surface area contributed by atoms with Crippen LogP contribution in [0.25, 0.3) is 0 Å². The Bertz CT molecular complexity index is 1070. The third kappa shape index (κ3) is 4.00. The van der Waals surface area contributed by atoms with Crippen LogP contribution in [0.5, 0.6) is 5.75 Å². The molecule has 0 radical (unpaired) electrons. The maximum atomic E-state index is 11.8. The molecule has 4 heteroatoms.